The minimum absolute atomic E-state index is 0.190. The Morgan fingerprint density at radius 3 is 2.71 bits per heavy atom. The molecule has 2 N–H and O–H groups in total. The minimum Gasteiger partial charge on any atom is -0.497 e. The third kappa shape index (κ3) is 4.42. The predicted octanol–water partition coefficient (Wildman–Crippen LogP) is 1.95. The summed E-state index contributed by atoms with van der Waals surface area (Å²) in [5.74, 6) is 0.637. The summed E-state index contributed by atoms with van der Waals surface area (Å²) in [5, 5.41) is 14.7. The zero-order valence-electron chi connectivity index (χ0n) is 12.0. The number of nitrogens with zero attached hydrogens (tertiary/aromatic N) is 2. The fraction of sp³-hybridized carbons (Fsp3) is 0.357. The summed E-state index contributed by atoms with van der Waals surface area (Å²) in [6, 6.07) is 7.79. The minimum atomic E-state index is -0.190. The molecule has 0 bridgehead atoms. The Kier molecular flexibility index (Phi) is 5.51. The van der Waals surface area contributed by atoms with Gasteiger partial charge in [0.2, 0.25) is 10.1 Å². The second-order valence-corrected chi connectivity index (χ2v) is 5.27. The number of aromatic nitrogens is 2. The van der Waals surface area contributed by atoms with Crippen LogP contribution in [0.3, 0.4) is 0 Å². The van der Waals surface area contributed by atoms with Crippen LogP contribution in [0, 0.1) is 0 Å². The van der Waals surface area contributed by atoms with E-state index in [1.807, 2.05) is 31.2 Å². The molecule has 0 aliphatic heterocycles. The van der Waals surface area contributed by atoms with Gasteiger partial charge in [-0.3, -0.25) is 4.79 Å². The average molecular weight is 306 g/mol. The summed E-state index contributed by atoms with van der Waals surface area (Å²) in [4.78, 5) is 11.9. The summed E-state index contributed by atoms with van der Waals surface area (Å²) in [6.45, 7) is 3.28. The van der Waals surface area contributed by atoms with Crippen LogP contribution in [0.25, 0.3) is 0 Å². The van der Waals surface area contributed by atoms with E-state index in [1.54, 1.807) is 7.11 Å². The average Bonchev–Trinajstić information content (AvgIpc) is 2.97. The lowest BCUT2D eigenvalue weighted by atomic mass is 10.1. The van der Waals surface area contributed by atoms with Gasteiger partial charge in [0.1, 0.15) is 5.75 Å². The molecule has 0 aliphatic carbocycles. The molecule has 0 unspecified atom stereocenters. The Balaban J connectivity index is 1.80. The van der Waals surface area contributed by atoms with Crippen LogP contribution in [-0.2, 0) is 6.42 Å². The number of hydrogen-bond acceptors (Lipinski definition) is 6. The van der Waals surface area contributed by atoms with Crippen LogP contribution in [0.15, 0.2) is 24.3 Å². The quantitative estimate of drug-likeness (QED) is 0.817. The topological polar surface area (TPSA) is 76.1 Å². The SMILES string of the molecule is CCNc1nnc(C(=O)NCCc2ccc(OC)cc2)s1. The van der Waals surface area contributed by atoms with Crippen molar-refractivity contribution < 1.29 is 9.53 Å². The van der Waals surface area contributed by atoms with E-state index in [0.717, 1.165) is 24.3 Å². The van der Waals surface area contributed by atoms with Gasteiger partial charge in [-0.2, -0.15) is 0 Å². The lowest BCUT2D eigenvalue weighted by Gasteiger charge is -2.04. The molecule has 0 radical (unpaired) electrons. The van der Waals surface area contributed by atoms with Crippen molar-refractivity contribution in [2.75, 3.05) is 25.5 Å². The first-order chi connectivity index (χ1) is 10.2. The standard InChI is InChI=1S/C14H18N4O2S/c1-3-15-14-18-17-13(21-14)12(19)16-9-8-10-4-6-11(20-2)7-5-10/h4-7H,3,8-9H2,1-2H3,(H,15,18)(H,16,19). The number of carbonyl (C=O) groups excluding carboxylic acids is 1. The first kappa shape index (κ1) is 15.2. The maximum absolute atomic E-state index is 11.9. The number of benzene rings is 1. The highest BCUT2D eigenvalue weighted by atomic mass is 32.1. The molecule has 0 fully saturated rings. The fourth-order valence-electron chi connectivity index (χ4n) is 1.73. The Labute approximate surface area is 127 Å². The van der Waals surface area contributed by atoms with Crippen molar-refractivity contribution in [3.63, 3.8) is 0 Å². The molecule has 1 amide bonds. The number of nitrogens with one attached hydrogen (secondary N) is 2. The molecule has 2 rings (SSSR count). The van der Waals surface area contributed by atoms with E-state index < -0.39 is 0 Å². The van der Waals surface area contributed by atoms with Crippen LogP contribution in [0.4, 0.5) is 5.13 Å². The number of ether oxygens (including phenoxy) is 1. The van der Waals surface area contributed by atoms with Crippen molar-refractivity contribution in [3.8, 4) is 5.75 Å². The van der Waals surface area contributed by atoms with Gasteiger partial charge in [0.15, 0.2) is 0 Å². The summed E-state index contributed by atoms with van der Waals surface area (Å²) in [5.41, 5.74) is 1.14. The smallest absolute Gasteiger partial charge is 0.282 e. The van der Waals surface area contributed by atoms with Crippen LogP contribution in [0.5, 0.6) is 5.75 Å². The highest BCUT2D eigenvalue weighted by Gasteiger charge is 2.11. The summed E-state index contributed by atoms with van der Waals surface area (Å²) in [6.07, 6.45) is 0.759. The monoisotopic (exact) mass is 306 g/mol. The first-order valence-corrected chi connectivity index (χ1v) is 7.53. The number of amides is 1. The van der Waals surface area contributed by atoms with E-state index in [9.17, 15) is 4.79 Å². The maximum Gasteiger partial charge on any atom is 0.282 e. The first-order valence-electron chi connectivity index (χ1n) is 6.71. The van der Waals surface area contributed by atoms with Crippen molar-refractivity contribution >= 4 is 22.4 Å². The molecule has 2 aromatic rings. The Morgan fingerprint density at radius 2 is 2.05 bits per heavy atom. The van der Waals surface area contributed by atoms with Gasteiger partial charge in [-0.05, 0) is 31.0 Å². The van der Waals surface area contributed by atoms with Crippen LogP contribution >= 0.6 is 11.3 Å². The van der Waals surface area contributed by atoms with Gasteiger partial charge < -0.3 is 15.4 Å². The predicted molar refractivity (Wildman–Crippen MR) is 83.1 cm³/mol. The third-order valence-electron chi connectivity index (χ3n) is 2.81. The number of anilines is 1. The summed E-state index contributed by atoms with van der Waals surface area (Å²) < 4.78 is 5.10. The van der Waals surface area contributed by atoms with Crippen molar-refractivity contribution in [1.29, 1.82) is 0 Å². The molecule has 112 valence electrons. The lowest BCUT2D eigenvalue weighted by Crippen LogP contribution is -2.25. The van der Waals surface area contributed by atoms with Crippen molar-refractivity contribution in [1.82, 2.24) is 15.5 Å². The van der Waals surface area contributed by atoms with Crippen LogP contribution < -0.4 is 15.4 Å². The molecule has 7 heteroatoms. The molecular formula is C14H18N4O2S. The van der Waals surface area contributed by atoms with E-state index in [1.165, 1.54) is 11.3 Å². The van der Waals surface area contributed by atoms with Gasteiger partial charge in [0, 0.05) is 13.1 Å². The second kappa shape index (κ2) is 7.58. The number of carbonyl (C=O) groups is 1. The molecule has 1 heterocycles. The van der Waals surface area contributed by atoms with E-state index in [-0.39, 0.29) is 5.91 Å². The van der Waals surface area contributed by atoms with Crippen LogP contribution in [0.1, 0.15) is 22.3 Å². The van der Waals surface area contributed by atoms with Crippen molar-refractivity contribution in [2.45, 2.75) is 13.3 Å². The van der Waals surface area contributed by atoms with E-state index in [4.69, 9.17) is 4.74 Å². The van der Waals surface area contributed by atoms with Gasteiger partial charge in [0.25, 0.3) is 5.91 Å². The molecule has 6 nitrogen and oxygen atoms in total. The van der Waals surface area contributed by atoms with E-state index >= 15 is 0 Å². The van der Waals surface area contributed by atoms with Gasteiger partial charge >= 0.3 is 0 Å². The maximum atomic E-state index is 11.9. The molecular weight excluding hydrogens is 288 g/mol. The molecule has 0 aliphatic rings. The number of hydrogen-bond donors (Lipinski definition) is 2. The van der Waals surface area contributed by atoms with Gasteiger partial charge in [-0.15, -0.1) is 10.2 Å². The number of methoxy groups -OCH3 is 1. The van der Waals surface area contributed by atoms with Gasteiger partial charge in [-0.1, -0.05) is 23.5 Å². The highest BCUT2D eigenvalue weighted by Crippen LogP contribution is 2.14. The molecule has 1 aromatic heterocycles. The van der Waals surface area contributed by atoms with Crippen LogP contribution in [0.2, 0.25) is 0 Å². The zero-order valence-corrected chi connectivity index (χ0v) is 12.9. The fourth-order valence-corrected chi connectivity index (χ4v) is 2.45. The summed E-state index contributed by atoms with van der Waals surface area (Å²) in [7, 11) is 1.64. The van der Waals surface area contributed by atoms with Gasteiger partial charge in [0.05, 0.1) is 7.11 Å². The van der Waals surface area contributed by atoms with E-state index in [2.05, 4.69) is 20.8 Å². The molecule has 21 heavy (non-hydrogen) atoms. The Hall–Kier alpha value is -2.15. The molecule has 0 saturated heterocycles. The lowest BCUT2D eigenvalue weighted by molar-refractivity contribution is 0.0953. The normalized spacial score (nSPS) is 10.2. The van der Waals surface area contributed by atoms with Gasteiger partial charge in [-0.25, -0.2) is 0 Å². The van der Waals surface area contributed by atoms with Crippen LogP contribution in [-0.4, -0.2) is 36.3 Å². The Morgan fingerprint density at radius 1 is 1.29 bits per heavy atom. The molecule has 0 saturated carbocycles. The zero-order chi connectivity index (χ0) is 15.1. The largest absolute Gasteiger partial charge is 0.497 e. The number of rotatable bonds is 7. The summed E-state index contributed by atoms with van der Waals surface area (Å²) >= 11 is 1.25. The molecule has 0 atom stereocenters. The molecule has 0 spiro atoms. The highest BCUT2D eigenvalue weighted by molar-refractivity contribution is 7.17. The Bertz CT molecular complexity index is 583. The molecule has 1 aromatic carbocycles. The van der Waals surface area contributed by atoms with E-state index in [0.29, 0.717) is 16.7 Å². The second-order valence-electron chi connectivity index (χ2n) is 4.30. The van der Waals surface area contributed by atoms with Crippen molar-refractivity contribution in [2.24, 2.45) is 0 Å². The van der Waals surface area contributed by atoms with Crippen molar-refractivity contribution in [3.05, 3.63) is 34.8 Å². The third-order valence-corrected chi connectivity index (χ3v) is 3.69.